The molecule has 0 unspecified atom stereocenters. The van der Waals surface area contributed by atoms with Gasteiger partial charge in [-0.15, -0.1) is 0 Å². The molecule has 0 saturated carbocycles. The first-order valence-corrected chi connectivity index (χ1v) is 7.45. The van der Waals surface area contributed by atoms with Crippen LogP contribution in [0.4, 0.5) is 10.1 Å². The Bertz CT molecular complexity index is 479. The summed E-state index contributed by atoms with van der Waals surface area (Å²) in [5, 5.41) is 12.2. The van der Waals surface area contributed by atoms with Gasteiger partial charge in [-0.3, -0.25) is 9.69 Å². The minimum Gasteiger partial charge on any atom is -0.396 e. The van der Waals surface area contributed by atoms with E-state index in [-0.39, 0.29) is 23.7 Å². The van der Waals surface area contributed by atoms with Gasteiger partial charge in [0.05, 0.1) is 6.54 Å². The highest BCUT2D eigenvalue weighted by atomic mass is 19.1. The van der Waals surface area contributed by atoms with E-state index in [0.717, 1.165) is 32.4 Å². The second-order valence-corrected chi connectivity index (χ2v) is 5.85. The smallest absolute Gasteiger partial charge is 0.238 e. The number of anilines is 1. The predicted molar refractivity (Wildman–Crippen MR) is 80.5 cm³/mol. The molecule has 1 heterocycles. The van der Waals surface area contributed by atoms with Gasteiger partial charge in [0.1, 0.15) is 5.82 Å². The molecule has 1 amide bonds. The summed E-state index contributed by atoms with van der Waals surface area (Å²) in [7, 11) is 0. The van der Waals surface area contributed by atoms with E-state index in [4.69, 9.17) is 0 Å². The first-order chi connectivity index (χ1) is 10.1. The van der Waals surface area contributed by atoms with Crippen molar-refractivity contribution in [3.05, 3.63) is 30.1 Å². The van der Waals surface area contributed by atoms with Crippen LogP contribution in [-0.4, -0.2) is 42.2 Å². The summed E-state index contributed by atoms with van der Waals surface area (Å²) in [5.41, 5.74) is 0.505. The van der Waals surface area contributed by atoms with Crippen molar-refractivity contribution in [2.45, 2.75) is 26.2 Å². The Balaban J connectivity index is 1.82. The first kappa shape index (κ1) is 15.9. The Morgan fingerprint density at radius 2 is 2.14 bits per heavy atom. The zero-order chi connectivity index (χ0) is 15.3. The van der Waals surface area contributed by atoms with Crippen molar-refractivity contribution >= 4 is 11.6 Å². The maximum Gasteiger partial charge on any atom is 0.238 e. The molecule has 1 aliphatic rings. The number of nitrogens with one attached hydrogen (secondary N) is 1. The zero-order valence-corrected chi connectivity index (χ0v) is 12.4. The Morgan fingerprint density at radius 1 is 1.43 bits per heavy atom. The molecule has 0 atom stereocenters. The van der Waals surface area contributed by atoms with Crippen LogP contribution in [-0.2, 0) is 4.79 Å². The molecular weight excluding hydrogens is 271 g/mol. The van der Waals surface area contributed by atoms with Gasteiger partial charge in [0.2, 0.25) is 5.91 Å². The number of aliphatic hydroxyl groups is 1. The topological polar surface area (TPSA) is 52.6 Å². The van der Waals surface area contributed by atoms with Crippen molar-refractivity contribution in [1.82, 2.24) is 4.90 Å². The minimum absolute atomic E-state index is 0.0233. The van der Waals surface area contributed by atoms with E-state index in [1.54, 1.807) is 12.1 Å². The summed E-state index contributed by atoms with van der Waals surface area (Å²) in [6.07, 6.45) is 2.79. The molecule has 0 spiro atoms. The van der Waals surface area contributed by atoms with Crippen LogP contribution in [0, 0.1) is 11.2 Å². The van der Waals surface area contributed by atoms with Crippen molar-refractivity contribution in [2.75, 3.05) is 31.6 Å². The molecule has 1 aromatic carbocycles. The van der Waals surface area contributed by atoms with Gasteiger partial charge in [0.15, 0.2) is 0 Å². The number of carbonyl (C=O) groups excluding carboxylic acids is 1. The van der Waals surface area contributed by atoms with Crippen LogP contribution in [0.15, 0.2) is 24.3 Å². The second-order valence-electron chi connectivity index (χ2n) is 5.85. The summed E-state index contributed by atoms with van der Waals surface area (Å²) in [6, 6.07) is 5.90. The number of amides is 1. The van der Waals surface area contributed by atoms with Crippen molar-refractivity contribution in [3.8, 4) is 0 Å². The van der Waals surface area contributed by atoms with E-state index in [0.29, 0.717) is 12.2 Å². The van der Waals surface area contributed by atoms with Crippen LogP contribution >= 0.6 is 0 Å². The number of likely N-dealkylation sites (tertiary alicyclic amines) is 1. The molecule has 116 valence electrons. The zero-order valence-electron chi connectivity index (χ0n) is 12.4. The van der Waals surface area contributed by atoms with Crippen LogP contribution in [0.2, 0.25) is 0 Å². The highest BCUT2D eigenvalue weighted by Gasteiger charge is 2.32. The van der Waals surface area contributed by atoms with Crippen LogP contribution in [0.1, 0.15) is 26.2 Å². The summed E-state index contributed by atoms with van der Waals surface area (Å²) in [4.78, 5) is 14.0. The van der Waals surface area contributed by atoms with Gasteiger partial charge in [-0.25, -0.2) is 4.39 Å². The van der Waals surface area contributed by atoms with Crippen molar-refractivity contribution in [2.24, 2.45) is 5.41 Å². The monoisotopic (exact) mass is 294 g/mol. The SMILES string of the molecule is CCC1(CO)CCN(CC(=O)Nc2cccc(F)c2)CC1. The third kappa shape index (κ3) is 4.25. The second kappa shape index (κ2) is 7.00. The first-order valence-electron chi connectivity index (χ1n) is 7.45. The van der Waals surface area contributed by atoms with Gasteiger partial charge < -0.3 is 10.4 Å². The molecule has 21 heavy (non-hydrogen) atoms. The molecular formula is C16H23FN2O2. The average Bonchev–Trinajstić information content (AvgIpc) is 2.48. The highest BCUT2D eigenvalue weighted by Crippen LogP contribution is 2.33. The standard InChI is InChI=1S/C16H23FN2O2/c1-2-16(12-20)6-8-19(9-7-16)11-15(21)18-14-5-3-4-13(17)10-14/h3-5,10,20H,2,6-9,11-12H2,1H3,(H,18,21). The molecule has 0 radical (unpaired) electrons. The fourth-order valence-electron chi connectivity index (χ4n) is 2.78. The Labute approximate surface area is 125 Å². The Kier molecular flexibility index (Phi) is 5.31. The minimum atomic E-state index is -0.360. The normalized spacial score (nSPS) is 18.4. The maximum atomic E-state index is 13.1. The number of hydrogen-bond acceptors (Lipinski definition) is 3. The van der Waals surface area contributed by atoms with Crippen molar-refractivity contribution in [1.29, 1.82) is 0 Å². The van der Waals surface area contributed by atoms with Crippen LogP contribution in [0.3, 0.4) is 0 Å². The third-order valence-electron chi connectivity index (χ3n) is 4.48. The van der Waals surface area contributed by atoms with Gasteiger partial charge in [-0.2, -0.15) is 0 Å². The molecule has 1 fully saturated rings. The fourth-order valence-corrected chi connectivity index (χ4v) is 2.78. The fraction of sp³-hybridized carbons (Fsp3) is 0.562. The number of nitrogens with zero attached hydrogens (tertiary/aromatic N) is 1. The van der Waals surface area contributed by atoms with Gasteiger partial charge in [0.25, 0.3) is 0 Å². The summed E-state index contributed by atoms with van der Waals surface area (Å²) >= 11 is 0. The lowest BCUT2D eigenvalue weighted by Gasteiger charge is -2.39. The van der Waals surface area contributed by atoms with Gasteiger partial charge in [-0.05, 0) is 56.0 Å². The highest BCUT2D eigenvalue weighted by molar-refractivity contribution is 5.92. The quantitative estimate of drug-likeness (QED) is 0.876. The van der Waals surface area contributed by atoms with Gasteiger partial charge >= 0.3 is 0 Å². The number of benzene rings is 1. The predicted octanol–water partition coefficient (Wildman–Crippen LogP) is 2.25. The molecule has 0 aromatic heterocycles. The van der Waals surface area contributed by atoms with Crippen LogP contribution in [0.25, 0.3) is 0 Å². The summed E-state index contributed by atoms with van der Waals surface area (Å²) in [6.45, 7) is 4.24. The number of hydrogen-bond donors (Lipinski definition) is 2. The van der Waals surface area contributed by atoms with E-state index in [2.05, 4.69) is 17.1 Å². The summed E-state index contributed by atoms with van der Waals surface area (Å²) in [5.74, 6) is -0.491. The lowest BCUT2D eigenvalue weighted by Crippen LogP contribution is -2.44. The van der Waals surface area contributed by atoms with Gasteiger partial charge in [0, 0.05) is 12.3 Å². The van der Waals surface area contributed by atoms with E-state index < -0.39 is 0 Å². The largest absolute Gasteiger partial charge is 0.396 e. The molecule has 2 rings (SSSR count). The van der Waals surface area contributed by atoms with E-state index in [1.807, 2.05) is 0 Å². The molecule has 4 nitrogen and oxygen atoms in total. The molecule has 2 N–H and O–H groups in total. The molecule has 0 bridgehead atoms. The van der Waals surface area contributed by atoms with Crippen molar-refractivity contribution in [3.63, 3.8) is 0 Å². The van der Waals surface area contributed by atoms with Crippen LogP contribution in [0.5, 0.6) is 0 Å². The van der Waals surface area contributed by atoms with E-state index >= 15 is 0 Å². The van der Waals surface area contributed by atoms with Gasteiger partial charge in [-0.1, -0.05) is 13.0 Å². The average molecular weight is 294 g/mol. The lowest BCUT2D eigenvalue weighted by molar-refractivity contribution is -0.118. The van der Waals surface area contributed by atoms with E-state index in [9.17, 15) is 14.3 Å². The molecule has 1 aliphatic heterocycles. The molecule has 1 aromatic rings. The van der Waals surface area contributed by atoms with Crippen molar-refractivity contribution < 1.29 is 14.3 Å². The lowest BCUT2D eigenvalue weighted by atomic mass is 9.77. The third-order valence-corrected chi connectivity index (χ3v) is 4.48. The summed E-state index contributed by atoms with van der Waals surface area (Å²) < 4.78 is 13.1. The van der Waals surface area contributed by atoms with Crippen LogP contribution < -0.4 is 5.32 Å². The van der Waals surface area contributed by atoms with E-state index in [1.165, 1.54) is 12.1 Å². The molecule has 1 saturated heterocycles. The molecule has 5 heteroatoms. The number of rotatable bonds is 5. The Hall–Kier alpha value is -1.46. The number of halogens is 1. The number of carbonyl (C=O) groups is 1. The number of aliphatic hydroxyl groups excluding tert-OH is 1. The molecule has 0 aliphatic carbocycles. The number of piperidine rings is 1. The maximum absolute atomic E-state index is 13.1. The Morgan fingerprint density at radius 3 is 2.71 bits per heavy atom.